The number of aromatic amines is 1. The Balaban J connectivity index is 0.000000228. The van der Waals surface area contributed by atoms with Gasteiger partial charge in [0.2, 0.25) is 0 Å². The molecule has 0 bridgehead atoms. The molecule has 1 radical (unpaired) electrons. The highest BCUT2D eigenvalue weighted by Crippen LogP contribution is 2.27. The van der Waals surface area contributed by atoms with E-state index in [0.29, 0.717) is 5.56 Å². The third-order valence-corrected chi connectivity index (χ3v) is 4.14. The summed E-state index contributed by atoms with van der Waals surface area (Å²) in [4.78, 5) is 24.9. The van der Waals surface area contributed by atoms with E-state index in [1.54, 1.807) is 6.92 Å². The summed E-state index contributed by atoms with van der Waals surface area (Å²) in [5, 5.41) is 44.6. The Bertz CT molecular complexity index is 703. The highest BCUT2D eigenvalue weighted by atomic mass is 16.5. The van der Waals surface area contributed by atoms with Crippen LogP contribution in [0.1, 0.15) is 18.2 Å². The number of aryl methyl sites for hydroxylation is 1. The van der Waals surface area contributed by atoms with Gasteiger partial charge in [-0.25, -0.2) is 4.79 Å². The van der Waals surface area contributed by atoms with Crippen molar-refractivity contribution in [2.45, 2.75) is 50.1 Å². The van der Waals surface area contributed by atoms with Crippen molar-refractivity contribution in [3.8, 4) is 0 Å². The number of hydrogen-bond acceptors (Lipinski definition) is 9. The summed E-state index contributed by atoms with van der Waals surface area (Å²) >= 11 is 0. The number of nitrogens with one attached hydrogen (secondary N) is 1. The van der Waals surface area contributed by atoms with Crippen molar-refractivity contribution in [1.29, 1.82) is 0 Å². The molecule has 2 aliphatic rings. The lowest BCUT2D eigenvalue weighted by atomic mass is 10.2. The molecular weight excluding hydrogens is 352 g/mol. The molecule has 6 N–H and O–H groups in total. The number of H-pyrrole nitrogens is 1. The Morgan fingerprint density at radius 2 is 1.85 bits per heavy atom. The normalized spacial score (nSPS) is 33.8. The second kappa shape index (κ2) is 8.86. The zero-order valence-electron chi connectivity index (χ0n) is 14.1. The molecule has 2 saturated heterocycles. The average molecular weight is 375 g/mol. The predicted octanol–water partition coefficient (Wildman–Crippen LogP) is -3.25. The van der Waals surface area contributed by atoms with E-state index in [2.05, 4.69) is 9.72 Å². The van der Waals surface area contributed by atoms with Crippen molar-refractivity contribution in [2.24, 2.45) is 0 Å². The molecular formula is C15H23N2O9. The fraction of sp³-hybridized carbons (Fsp3) is 0.667. The maximum absolute atomic E-state index is 11.6. The lowest BCUT2D eigenvalue weighted by Crippen LogP contribution is -2.33. The van der Waals surface area contributed by atoms with Crippen LogP contribution in [0.25, 0.3) is 0 Å². The number of rotatable bonds is 3. The molecule has 2 fully saturated rings. The van der Waals surface area contributed by atoms with Gasteiger partial charge in [0.25, 0.3) is 5.56 Å². The molecule has 3 heterocycles. The molecule has 1 aromatic rings. The maximum atomic E-state index is 11.6. The van der Waals surface area contributed by atoms with E-state index >= 15 is 0 Å². The molecule has 6 atom stereocenters. The summed E-state index contributed by atoms with van der Waals surface area (Å²) in [6.45, 7) is 2.11. The predicted molar refractivity (Wildman–Crippen MR) is 86.0 cm³/mol. The van der Waals surface area contributed by atoms with Gasteiger partial charge in [-0.15, -0.1) is 0 Å². The van der Waals surface area contributed by atoms with Crippen molar-refractivity contribution in [2.75, 3.05) is 13.2 Å². The van der Waals surface area contributed by atoms with Crippen LogP contribution in [0.3, 0.4) is 0 Å². The number of aromatic nitrogens is 2. The van der Waals surface area contributed by atoms with Crippen LogP contribution in [-0.2, 0) is 9.47 Å². The SMILES string of the molecule is Cc1cn([C@H]2CC(O)[C@@H](CO)O2)c(=O)[nH]c1=O.OC[C@H]1O[CH][C@@H](O)[C@@H]1O. The van der Waals surface area contributed by atoms with E-state index < -0.39 is 48.0 Å². The molecule has 0 saturated carbocycles. The molecule has 0 spiro atoms. The Kier molecular flexibility index (Phi) is 7.06. The third-order valence-electron chi connectivity index (χ3n) is 4.14. The number of aliphatic hydroxyl groups excluding tert-OH is 5. The Morgan fingerprint density at radius 3 is 2.31 bits per heavy atom. The molecule has 1 aromatic heterocycles. The molecule has 0 amide bonds. The topological polar surface area (TPSA) is 174 Å². The molecule has 2 aliphatic heterocycles. The highest BCUT2D eigenvalue weighted by Gasteiger charge is 2.35. The number of ether oxygens (including phenoxy) is 2. The zero-order chi connectivity index (χ0) is 19.4. The molecule has 26 heavy (non-hydrogen) atoms. The molecule has 11 heteroatoms. The van der Waals surface area contributed by atoms with E-state index in [4.69, 9.17) is 25.2 Å². The lowest BCUT2D eigenvalue weighted by Gasteiger charge is -2.14. The number of aliphatic hydroxyl groups is 5. The third kappa shape index (κ3) is 4.57. The van der Waals surface area contributed by atoms with Crippen LogP contribution in [0.4, 0.5) is 0 Å². The fourth-order valence-electron chi connectivity index (χ4n) is 2.56. The van der Waals surface area contributed by atoms with E-state index in [1.165, 1.54) is 10.8 Å². The monoisotopic (exact) mass is 375 g/mol. The second-order valence-electron chi connectivity index (χ2n) is 6.07. The summed E-state index contributed by atoms with van der Waals surface area (Å²) in [5.74, 6) is 0. The van der Waals surface area contributed by atoms with Crippen molar-refractivity contribution in [3.05, 3.63) is 39.2 Å². The Morgan fingerprint density at radius 1 is 1.19 bits per heavy atom. The van der Waals surface area contributed by atoms with Gasteiger partial charge in [0.1, 0.15) is 37.3 Å². The van der Waals surface area contributed by atoms with Gasteiger partial charge in [0.15, 0.2) is 0 Å². The molecule has 147 valence electrons. The number of nitrogens with zero attached hydrogens (tertiary/aromatic N) is 1. The van der Waals surface area contributed by atoms with Gasteiger partial charge in [0, 0.05) is 18.2 Å². The van der Waals surface area contributed by atoms with Gasteiger partial charge in [-0.1, -0.05) is 0 Å². The van der Waals surface area contributed by atoms with Crippen molar-refractivity contribution in [1.82, 2.24) is 9.55 Å². The summed E-state index contributed by atoms with van der Waals surface area (Å²) in [5.41, 5.74) is -0.643. The van der Waals surface area contributed by atoms with E-state index in [1.807, 2.05) is 0 Å². The van der Waals surface area contributed by atoms with Crippen molar-refractivity contribution >= 4 is 0 Å². The van der Waals surface area contributed by atoms with Gasteiger partial charge in [-0.3, -0.25) is 14.3 Å². The number of hydrogen-bond donors (Lipinski definition) is 6. The van der Waals surface area contributed by atoms with Crippen molar-refractivity contribution in [3.63, 3.8) is 0 Å². The minimum Gasteiger partial charge on any atom is -0.394 e. The quantitative estimate of drug-likeness (QED) is 0.317. The van der Waals surface area contributed by atoms with Crippen LogP contribution in [0.2, 0.25) is 0 Å². The van der Waals surface area contributed by atoms with Crippen LogP contribution < -0.4 is 11.2 Å². The molecule has 0 aromatic carbocycles. The molecule has 3 rings (SSSR count). The Hall–Kier alpha value is -1.60. The summed E-state index contributed by atoms with van der Waals surface area (Å²) in [6.07, 6.45) is -3.17. The van der Waals surface area contributed by atoms with Crippen LogP contribution >= 0.6 is 0 Å². The maximum Gasteiger partial charge on any atom is 0.330 e. The lowest BCUT2D eigenvalue weighted by molar-refractivity contribution is -0.0459. The van der Waals surface area contributed by atoms with Crippen LogP contribution in [-0.4, -0.2) is 78.8 Å². The van der Waals surface area contributed by atoms with E-state index in [9.17, 15) is 14.7 Å². The first-order valence-corrected chi connectivity index (χ1v) is 8.00. The molecule has 11 nitrogen and oxygen atoms in total. The van der Waals surface area contributed by atoms with Crippen LogP contribution in [0, 0.1) is 13.5 Å². The standard InChI is InChI=1S/C10H14N2O5.C5H9O4/c1-5-3-12(10(16)11-9(5)15)8-2-6(14)7(4-13)17-8;6-1-4-5(8)3(7)2-9-4/h3,6-8,13-14H,2,4H2,1H3,(H,11,15,16);2-8H,1H2/t6?,7-,8-;3-,4-,5+/m11/s1. The minimum atomic E-state index is -0.977. The van der Waals surface area contributed by atoms with E-state index in [-0.39, 0.29) is 19.6 Å². The van der Waals surface area contributed by atoms with Gasteiger partial charge >= 0.3 is 5.69 Å². The van der Waals surface area contributed by atoms with Gasteiger partial charge in [-0.05, 0) is 6.92 Å². The fourth-order valence-corrected chi connectivity index (χ4v) is 2.56. The van der Waals surface area contributed by atoms with Crippen molar-refractivity contribution < 1.29 is 35.0 Å². The second-order valence-corrected chi connectivity index (χ2v) is 6.07. The van der Waals surface area contributed by atoms with Gasteiger partial charge < -0.3 is 35.0 Å². The summed E-state index contributed by atoms with van der Waals surface area (Å²) < 4.78 is 11.2. The molecule has 0 aliphatic carbocycles. The molecule has 1 unspecified atom stereocenters. The smallest absolute Gasteiger partial charge is 0.330 e. The van der Waals surface area contributed by atoms with Gasteiger partial charge in [0.05, 0.1) is 19.3 Å². The zero-order valence-corrected chi connectivity index (χ0v) is 14.1. The largest absolute Gasteiger partial charge is 0.394 e. The average Bonchev–Trinajstić information content (AvgIpc) is 3.14. The van der Waals surface area contributed by atoms with Crippen LogP contribution in [0.15, 0.2) is 15.8 Å². The summed E-state index contributed by atoms with van der Waals surface area (Å²) in [6, 6.07) is 0. The first-order chi connectivity index (χ1) is 12.3. The summed E-state index contributed by atoms with van der Waals surface area (Å²) in [7, 11) is 0. The Labute approximate surface area is 148 Å². The first kappa shape index (κ1) is 20.7. The first-order valence-electron chi connectivity index (χ1n) is 8.00. The van der Waals surface area contributed by atoms with Gasteiger partial charge in [-0.2, -0.15) is 0 Å². The highest BCUT2D eigenvalue weighted by molar-refractivity contribution is 5.02. The minimum absolute atomic E-state index is 0.205. The van der Waals surface area contributed by atoms with Crippen LogP contribution in [0.5, 0.6) is 0 Å². The van der Waals surface area contributed by atoms with E-state index in [0.717, 1.165) is 6.61 Å².